The molecule has 1 aromatic heterocycles. The van der Waals surface area contributed by atoms with Gasteiger partial charge in [-0.2, -0.15) is 5.10 Å². The third-order valence-corrected chi connectivity index (χ3v) is 3.84. The van der Waals surface area contributed by atoms with Crippen molar-refractivity contribution in [2.45, 2.75) is 32.2 Å². The number of aryl methyl sites for hydroxylation is 3. The third-order valence-electron chi connectivity index (χ3n) is 2.96. The zero-order valence-electron chi connectivity index (χ0n) is 11.2. The second kappa shape index (κ2) is 4.79. The van der Waals surface area contributed by atoms with Gasteiger partial charge in [0, 0.05) is 6.07 Å². The Morgan fingerprint density at radius 2 is 1.95 bits per heavy atom. The second-order valence-corrected chi connectivity index (χ2v) is 6.08. The number of sulfonamides is 1. The topological polar surface area (TPSA) is 78.0 Å². The van der Waals surface area contributed by atoms with E-state index in [4.69, 9.17) is 5.14 Å². The molecule has 0 aliphatic carbocycles. The summed E-state index contributed by atoms with van der Waals surface area (Å²) in [4.78, 5) is 0. The van der Waals surface area contributed by atoms with Crippen LogP contribution in [-0.4, -0.2) is 18.2 Å². The van der Waals surface area contributed by atoms with Crippen LogP contribution in [0.4, 0.5) is 0 Å². The summed E-state index contributed by atoms with van der Waals surface area (Å²) in [5.41, 5.74) is 3.50. The Kier molecular flexibility index (Phi) is 3.47. The number of hydrogen-bond donors (Lipinski definition) is 1. The number of nitrogens with two attached hydrogens (primary N) is 1. The van der Waals surface area contributed by atoms with Gasteiger partial charge in [-0.15, -0.1) is 0 Å². The van der Waals surface area contributed by atoms with Crippen molar-refractivity contribution in [1.29, 1.82) is 0 Å². The highest BCUT2D eigenvalue weighted by molar-refractivity contribution is 7.89. The smallest absolute Gasteiger partial charge is 0.223 e. The van der Waals surface area contributed by atoms with Crippen molar-refractivity contribution < 1.29 is 8.42 Å². The van der Waals surface area contributed by atoms with Crippen molar-refractivity contribution in [3.05, 3.63) is 41.1 Å². The Morgan fingerprint density at radius 1 is 1.26 bits per heavy atom. The molecule has 0 aliphatic rings. The minimum absolute atomic E-state index is 0.0244. The molecule has 1 heterocycles. The standard InChI is InChI=1S/C13H17N3O2S/c1-4-11-8-13(19(14,17)18)16(15-11)12-6-5-9(2)7-10(12)3/h5-8H,4H2,1-3H3,(H2,14,17,18). The third kappa shape index (κ3) is 2.69. The maximum Gasteiger partial charge on any atom is 0.255 e. The minimum Gasteiger partial charge on any atom is -0.223 e. The Balaban J connectivity index is 2.71. The Labute approximate surface area is 113 Å². The first-order valence-corrected chi connectivity index (χ1v) is 7.57. The van der Waals surface area contributed by atoms with Crippen molar-refractivity contribution in [3.63, 3.8) is 0 Å². The van der Waals surface area contributed by atoms with Gasteiger partial charge >= 0.3 is 0 Å². The average Bonchev–Trinajstić information content (AvgIpc) is 2.72. The fraction of sp³-hybridized carbons (Fsp3) is 0.308. The van der Waals surface area contributed by atoms with Crippen molar-refractivity contribution >= 4 is 10.0 Å². The van der Waals surface area contributed by atoms with Gasteiger partial charge in [-0.1, -0.05) is 24.6 Å². The first-order valence-electron chi connectivity index (χ1n) is 6.02. The molecular formula is C13H17N3O2S. The fourth-order valence-corrected chi connectivity index (χ4v) is 2.68. The van der Waals surface area contributed by atoms with Crippen LogP contribution < -0.4 is 5.14 Å². The molecular weight excluding hydrogens is 262 g/mol. The zero-order valence-corrected chi connectivity index (χ0v) is 12.0. The van der Waals surface area contributed by atoms with Gasteiger partial charge in [0.05, 0.1) is 11.4 Å². The van der Waals surface area contributed by atoms with E-state index in [1.165, 1.54) is 10.7 Å². The van der Waals surface area contributed by atoms with Crippen molar-refractivity contribution in [1.82, 2.24) is 9.78 Å². The second-order valence-electron chi connectivity index (χ2n) is 4.57. The summed E-state index contributed by atoms with van der Waals surface area (Å²) < 4.78 is 24.7. The van der Waals surface area contributed by atoms with E-state index in [0.717, 1.165) is 16.8 Å². The van der Waals surface area contributed by atoms with Crippen LogP contribution in [-0.2, 0) is 16.4 Å². The number of nitrogens with zero attached hydrogens (tertiary/aromatic N) is 2. The first kappa shape index (κ1) is 13.8. The highest BCUT2D eigenvalue weighted by Gasteiger charge is 2.19. The maximum absolute atomic E-state index is 11.7. The van der Waals surface area contributed by atoms with Crippen LogP contribution in [0.2, 0.25) is 0 Å². The van der Waals surface area contributed by atoms with Gasteiger partial charge < -0.3 is 0 Å². The van der Waals surface area contributed by atoms with Crippen molar-refractivity contribution in [2.75, 3.05) is 0 Å². The van der Waals surface area contributed by atoms with Gasteiger partial charge in [0.1, 0.15) is 0 Å². The summed E-state index contributed by atoms with van der Waals surface area (Å²) in [6.07, 6.45) is 0.653. The molecule has 0 aliphatic heterocycles. The molecule has 2 rings (SSSR count). The summed E-state index contributed by atoms with van der Waals surface area (Å²) in [6.45, 7) is 5.82. The van der Waals surface area contributed by atoms with Crippen LogP contribution in [0.3, 0.4) is 0 Å². The molecule has 6 heteroatoms. The zero-order chi connectivity index (χ0) is 14.2. The molecule has 0 radical (unpaired) electrons. The van der Waals surface area contributed by atoms with Gasteiger partial charge in [-0.3, -0.25) is 0 Å². The van der Waals surface area contributed by atoms with E-state index in [2.05, 4.69) is 5.10 Å². The van der Waals surface area contributed by atoms with E-state index in [9.17, 15) is 8.42 Å². The summed E-state index contributed by atoms with van der Waals surface area (Å²) in [5.74, 6) is 0. The normalized spacial score (nSPS) is 11.8. The van der Waals surface area contributed by atoms with Gasteiger partial charge in [0.15, 0.2) is 5.03 Å². The van der Waals surface area contributed by atoms with Crippen LogP contribution in [0.25, 0.3) is 5.69 Å². The molecule has 0 amide bonds. The van der Waals surface area contributed by atoms with Crippen molar-refractivity contribution in [2.24, 2.45) is 5.14 Å². The minimum atomic E-state index is -3.80. The van der Waals surface area contributed by atoms with Crippen LogP contribution in [0.15, 0.2) is 29.3 Å². The van der Waals surface area contributed by atoms with E-state index in [1.54, 1.807) is 0 Å². The molecule has 0 unspecified atom stereocenters. The Morgan fingerprint density at radius 3 is 2.47 bits per heavy atom. The molecule has 19 heavy (non-hydrogen) atoms. The van der Waals surface area contributed by atoms with Crippen LogP contribution in [0.5, 0.6) is 0 Å². The highest BCUT2D eigenvalue weighted by atomic mass is 32.2. The predicted octanol–water partition coefficient (Wildman–Crippen LogP) is 1.70. The summed E-state index contributed by atoms with van der Waals surface area (Å²) in [7, 11) is -3.80. The largest absolute Gasteiger partial charge is 0.255 e. The van der Waals surface area contributed by atoms with E-state index in [-0.39, 0.29) is 5.03 Å². The Hall–Kier alpha value is -1.66. The van der Waals surface area contributed by atoms with E-state index >= 15 is 0 Å². The molecule has 0 saturated heterocycles. The molecule has 1 aromatic carbocycles. The highest BCUT2D eigenvalue weighted by Crippen LogP contribution is 2.20. The van der Waals surface area contributed by atoms with Crippen molar-refractivity contribution in [3.8, 4) is 5.69 Å². The Bertz CT molecular complexity index is 717. The van der Waals surface area contributed by atoms with Crippen LogP contribution >= 0.6 is 0 Å². The summed E-state index contributed by atoms with van der Waals surface area (Å²) in [6, 6.07) is 7.28. The SMILES string of the molecule is CCc1cc(S(N)(=O)=O)n(-c2ccc(C)cc2C)n1. The number of aromatic nitrogens is 2. The molecule has 0 bridgehead atoms. The van der Waals surface area contributed by atoms with Gasteiger partial charge in [0.25, 0.3) is 10.0 Å². The van der Waals surface area contributed by atoms with E-state index < -0.39 is 10.0 Å². The molecule has 2 aromatic rings. The number of primary sulfonamides is 1. The van der Waals surface area contributed by atoms with Gasteiger partial charge in [-0.05, 0) is 31.9 Å². The quantitative estimate of drug-likeness (QED) is 0.928. The molecule has 0 atom stereocenters. The predicted molar refractivity (Wildman–Crippen MR) is 73.8 cm³/mol. The number of rotatable bonds is 3. The molecule has 2 N–H and O–H groups in total. The number of hydrogen-bond acceptors (Lipinski definition) is 3. The van der Waals surface area contributed by atoms with E-state index in [0.29, 0.717) is 12.1 Å². The lowest BCUT2D eigenvalue weighted by Crippen LogP contribution is -2.17. The molecule has 0 spiro atoms. The lowest BCUT2D eigenvalue weighted by Gasteiger charge is -2.09. The average molecular weight is 279 g/mol. The molecule has 0 fully saturated rings. The monoisotopic (exact) mass is 279 g/mol. The van der Waals surface area contributed by atoms with Gasteiger partial charge in [-0.25, -0.2) is 18.2 Å². The lowest BCUT2D eigenvalue weighted by atomic mass is 10.1. The van der Waals surface area contributed by atoms with E-state index in [1.807, 2.05) is 39.0 Å². The van der Waals surface area contributed by atoms with Gasteiger partial charge in [0.2, 0.25) is 0 Å². The summed E-state index contributed by atoms with van der Waals surface area (Å²) in [5, 5.41) is 9.59. The molecule has 0 saturated carbocycles. The lowest BCUT2D eigenvalue weighted by molar-refractivity contribution is 0.587. The fourth-order valence-electron chi connectivity index (χ4n) is 2.00. The number of benzene rings is 1. The summed E-state index contributed by atoms with van der Waals surface area (Å²) >= 11 is 0. The molecule has 102 valence electrons. The maximum atomic E-state index is 11.7. The van der Waals surface area contributed by atoms with Crippen LogP contribution in [0, 0.1) is 13.8 Å². The first-order chi connectivity index (χ1) is 8.82. The molecule has 5 nitrogen and oxygen atoms in total. The van der Waals surface area contributed by atoms with Crippen LogP contribution in [0.1, 0.15) is 23.7 Å².